The van der Waals surface area contributed by atoms with E-state index in [-0.39, 0.29) is 18.8 Å². The Morgan fingerprint density at radius 3 is 2.83 bits per heavy atom. The normalized spacial score (nSPS) is 22.2. The van der Waals surface area contributed by atoms with E-state index >= 15 is 0 Å². The Morgan fingerprint density at radius 1 is 1.39 bits per heavy atom. The molecule has 0 spiro atoms. The Kier molecular flexibility index (Phi) is 5.13. The van der Waals surface area contributed by atoms with Gasteiger partial charge in [-0.25, -0.2) is 0 Å². The van der Waals surface area contributed by atoms with Gasteiger partial charge in [-0.3, -0.25) is 4.90 Å². The molecule has 2 rings (SSSR count). The van der Waals surface area contributed by atoms with Crippen molar-refractivity contribution in [3.8, 4) is 0 Å². The maximum absolute atomic E-state index is 9.60. The van der Waals surface area contributed by atoms with E-state index in [2.05, 4.69) is 17.0 Å². The molecule has 1 aliphatic heterocycles. The summed E-state index contributed by atoms with van der Waals surface area (Å²) in [7, 11) is 1.63. The summed E-state index contributed by atoms with van der Waals surface area (Å²) in [4.78, 5) is 2.27. The second-order valence-corrected chi connectivity index (χ2v) is 4.59. The van der Waals surface area contributed by atoms with Crippen LogP contribution in [0.3, 0.4) is 0 Å². The fourth-order valence-corrected chi connectivity index (χ4v) is 2.44. The Balaban J connectivity index is 1.94. The molecule has 1 heterocycles. The molecule has 0 unspecified atom stereocenters. The van der Waals surface area contributed by atoms with Gasteiger partial charge in [0.1, 0.15) is 6.79 Å². The molecular weight excluding hydrogens is 230 g/mol. The van der Waals surface area contributed by atoms with Gasteiger partial charge < -0.3 is 14.6 Å². The molecule has 0 aliphatic carbocycles. The Morgan fingerprint density at radius 2 is 2.17 bits per heavy atom. The monoisotopic (exact) mass is 251 g/mol. The van der Waals surface area contributed by atoms with Crippen LogP contribution in [0.1, 0.15) is 18.0 Å². The first kappa shape index (κ1) is 13.5. The number of benzene rings is 1. The van der Waals surface area contributed by atoms with E-state index in [0.717, 1.165) is 25.1 Å². The van der Waals surface area contributed by atoms with Crippen LogP contribution in [0.25, 0.3) is 0 Å². The van der Waals surface area contributed by atoms with Gasteiger partial charge in [-0.2, -0.15) is 0 Å². The number of aliphatic hydroxyl groups is 1. The number of aliphatic hydroxyl groups excluding tert-OH is 1. The van der Waals surface area contributed by atoms with Crippen molar-refractivity contribution in [2.24, 2.45) is 0 Å². The smallest absolute Gasteiger partial charge is 0.146 e. The van der Waals surface area contributed by atoms with Gasteiger partial charge >= 0.3 is 0 Å². The molecule has 4 nitrogen and oxygen atoms in total. The number of likely N-dealkylation sites (tertiary alicyclic amines) is 1. The molecular formula is C14H21NO3. The third-order valence-electron chi connectivity index (χ3n) is 3.40. The maximum atomic E-state index is 9.60. The van der Waals surface area contributed by atoms with Gasteiger partial charge in [-0.05, 0) is 12.0 Å². The van der Waals surface area contributed by atoms with Gasteiger partial charge in [0.25, 0.3) is 0 Å². The van der Waals surface area contributed by atoms with Crippen molar-refractivity contribution in [1.82, 2.24) is 4.90 Å². The maximum Gasteiger partial charge on any atom is 0.146 e. The first-order valence-electron chi connectivity index (χ1n) is 6.35. The molecule has 1 aromatic rings. The molecule has 1 aromatic carbocycles. The Bertz CT molecular complexity index is 344. The van der Waals surface area contributed by atoms with Crippen molar-refractivity contribution in [3.63, 3.8) is 0 Å². The summed E-state index contributed by atoms with van der Waals surface area (Å²) in [5.41, 5.74) is 1.16. The summed E-state index contributed by atoms with van der Waals surface area (Å²) < 4.78 is 10.5. The second-order valence-electron chi connectivity index (χ2n) is 4.59. The van der Waals surface area contributed by atoms with Crippen molar-refractivity contribution in [2.75, 3.05) is 33.6 Å². The SMILES string of the molecule is COCO[C@H]1CCN([C@@H](CO)c2ccccc2)C1. The van der Waals surface area contributed by atoms with E-state index < -0.39 is 0 Å². The lowest BCUT2D eigenvalue weighted by atomic mass is 10.1. The molecule has 0 saturated carbocycles. The van der Waals surface area contributed by atoms with Gasteiger partial charge in [0.05, 0.1) is 18.8 Å². The summed E-state index contributed by atoms with van der Waals surface area (Å²) in [5.74, 6) is 0. The van der Waals surface area contributed by atoms with Crippen LogP contribution >= 0.6 is 0 Å². The number of hydrogen-bond acceptors (Lipinski definition) is 4. The third-order valence-corrected chi connectivity index (χ3v) is 3.40. The van der Waals surface area contributed by atoms with Gasteiger partial charge in [-0.1, -0.05) is 30.3 Å². The zero-order valence-corrected chi connectivity index (χ0v) is 10.8. The Hall–Kier alpha value is -0.940. The highest BCUT2D eigenvalue weighted by Crippen LogP contribution is 2.25. The lowest BCUT2D eigenvalue weighted by molar-refractivity contribution is -0.0684. The summed E-state index contributed by atoms with van der Waals surface area (Å²) in [6.07, 6.45) is 1.20. The molecule has 2 atom stereocenters. The number of hydrogen-bond donors (Lipinski definition) is 1. The van der Waals surface area contributed by atoms with Crippen LogP contribution in [0.5, 0.6) is 0 Å². The molecule has 0 aromatic heterocycles. The van der Waals surface area contributed by atoms with E-state index in [1.54, 1.807) is 7.11 Å². The molecule has 4 heteroatoms. The van der Waals surface area contributed by atoms with Gasteiger partial charge in [0.2, 0.25) is 0 Å². The quantitative estimate of drug-likeness (QED) is 0.776. The lowest BCUT2D eigenvalue weighted by Gasteiger charge is -2.26. The first-order valence-corrected chi connectivity index (χ1v) is 6.35. The van der Waals surface area contributed by atoms with Crippen LogP contribution in [0.2, 0.25) is 0 Å². The highest BCUT2D eigenvalue weighted by molar-refractivity contribution is 5.19. The van der Waals surface area contributed by atoms with Gasteiger partial charge in [0, 0.05) is 20.2 Å². The minimum atomic E-state index is 0.0716. The van der Waals surface area contributed by atoms with E-state index in [0.29, 0.717) is 6.79 Å². The molecule has 18 heavy (non-hydrogen) atoms. The van der Waals surface area contributed by atoms with Crippen molar-refractivity contribution in [1.29, 1.82) is 0 Å². The minimum Gasteiger partial charge on any atom is -0.394 e. The molecule has 100 valence electrons. The summed E-state index contributed by atoms with van der Waals surface area (Å²) in [5, 5.41) is 9.60. The largest absolute Gasteiger partial charge is 0.394 e. The standard InChI is InChI=1S/C14H21NO3/c1-17-11-18-13-7-8-15(9-13)14(10-16)12-5-3-2-4-6-12/h2-6,13-14,16H,7-11H2,1H3/t13-,14-/m0/s1. The predicted molar refractivity (Wildman–Crippen MR) is 69.2 cm³/mol. The number of nitrogens with zero attached hydrogens (tertiary/aromatic N) is 1. The Labute approximate surface area is 108 Å². The van der Waals surface area contributed by atoms with Crippen molar-refractivity contribution in [2.45, 2.75) is 18.6 Å². The van der Waals surface area contributed by atoms with E-state index in [9.17, 15) is 5.11 Å². The molecule has 0 bridgehead atoms. The van der Waals surface area contributed by atoms with Gasteiger partial charge in [0.15, 0.2) is 0 Å². The lowest BCUT2D eigenvalue weighted by Crippen LogP contribution is -2.30. The van der Waals surface area contributed by atoms with Crippen molar-refractivity contribution < 1.29 is 14.6 Å². The highest BCUT2D eigenvalue weighted by atomic mass is 16.7. The van der Waals surface area contributed by atoms with Crippen LogP contribution in [-0.2, 0) is 9.47 Å². The van der Waals surface area contributed by atoms with Crippen LogP contribution in [0.4, 0.5) is 0 Å². The fraction of sp³-hybridized carbons (Fsp3) is 0.571. The summed E-state index contributed by atoms with van der Waals surface area (Å²) in [6, 6.07) is 10.2. The number of methoxy groups -OCH3 is 1. The molecule has 1 saturated heterocycles. The fourth-order valence-electron chi connectivity index (χ4n) is 2.44. The number of ether oxygens (including phenoxy) is 2. The topological polar surface area (TPSA) is 41.9 Å². The molecule has 1 N–H and O–H groups in total. The van der Waals surface area contributed by atoms with Crippen LogP contribution < -0.4 is 0 Å². The molecule has 1 aliphatic rings. The van der Waals surface area contributed by atoms with E-state index in [1.807, 2.05) is 18.2 Å². The second kappa shape index (κ2) is 6.85. The van der Waals surface area contributed by atoms with E-state index in [1.165, 1.54) is 0 Å². The zero-order chi connectivity index (χ0) is 12.8. The highest BCUT2D eigenvalue weighted by Gasteiger charge is 2.29. The average Bonchev–Trinajstić information content (AvgIpc) is 2.87. The summed E-state index contributed by atoms with van der Waals surface area (Å²) >= 11 is 0. The zero-order valence-electron chi connectivity index (χ0n) is 10.8. The molecule has 0 amide bonds. The van der Waals surface area contributed by atoms with Crippen LogP contribution in [-0.4, -0.2) is 49.7 Å². The average molecular weight is 251 g/mol. The van der Waals surface area contributed by atoms with Gasteiger partial charge in [-0.15, -0.1) is 0 Å². The van der Waals surface area contributed by atoms with Crippen molar-refractivity contribution >= 4 is 0 Å². The molecule has 1 fully saturated rings. The minimum absolute atomic E-state index is 0.0716. The third kappa shape index (κ3) is 3.29. The van der Waals surface area contributed by atoms with Crippen LogP contribution in [0, 0.1) is 0 Å². The first-order chi connectivity index (χ1) is 8.85. The number of rotatable bonds is 6. The van der Waals surface area contributed by atoms with Crippen molar-refractivity contribution in [3.05, 3.63) is 35.9 Å². The van der Waals surface area contributed by atoms with E-state index in [4.69, 9.17) is 9.47 Å². The summed E-state index contributed by atoms with van der Waals surface area (Å²) in [6.45, 7) is 2.28. The van der Waals surface area contributed by atoms with Crippen LogP contribution in [0.15, 0.2) is 30.3 Å². The predicted octanol–water partition coefficient (Wildman–Crippen LogP) is 1.41. The molecule has 0 radical (unpaired) electrons.